The van der Waals surface area contributed by atoms with Crippen molar-refractivity contribution in [2.24, 2.45) is 0 Å². The van der Waals surface area contributed by atoms with E-state index in [4.69, 9.17) is 6.42 Å². The minimum atomic E-state index is 0.695. The summed E-state index contributed by atoms with van der Waals surface area (Å²) < 4.78 is 0. The third-order valence-electron chi connectivity index (χ3n) is 3.10. The lowest BCUT2D eigenvalue weighted by atomic mass is 10.2. The lowest BCUT2D eigenvalue weighted by Gasteiger charge is -2.23. The van der Waals surface area contributed by atoms with Gasteiger partial charge in [0.05, 0.1) is 0 Å². The van der Waals surface area contributed by atoms with Gasteiger partial charge in [-0.15, -0.1) is 12.3 Å². The number of rotatable bonds is 5. The highest BCUT2D eigenvalue weighted by Gasteiger charge is 2.15. The third kappa shape index (κ3) is 5.20. The predicted molar refractivity (Wildman–Crippen MR) is 65.8 cm³/mol. The van der Waals surface area contributed by atoms with Crippen molar-refractivity contribution in [1.82, 2.24) is 10.2 Å². The van der Waals surface area contributed by atoms with Gasteiger partial charge in [-0.25, -0.2) is 0 Å². The van der Waals surface area contributed by atoms with E-state index in [9.17, 15) is 0 Å². The quantitative estimate of drug-likeness (QED) is 0.548. The van der Waals surface area contributed by atoms with Crippen LogP contribution in [-0.2, 0) is 0 Å². The zero-order valence-corrected chi connectivity index (χ0v) is 9.97. The fourth-order valence-corrected chi connectivity index (χ4v) is 2.12. The standard InChI is InChI=1S/C13H24N2/c1-3-5-6-7-10-15-11-8-9-14-13(4-2)12-15/h1,13-14H,4-12H2,2H3. The second kappa shape index (κ2) is 7.73. The molecule has 1 atom stereocenters. The second-order valence-electron chi connectivity index (χ2n) is 4.37. The molecular weight excluding hydrogens is 184 g/mol. The van der Waals surface area contributed by atoms with E-state index in [1.54, 1.807) is 0 Å². The SMILES string of the molecule is C#CCCCCN1CCCNC(CC)C1. The van der Waals surface area contributed by atoms with Crippen LogP contribution < -0.4 is 5.32 Å². The van der Waals surface area contributed by atoms with E-state index in [0.717, 1.165) is 6.42 Å². The lowest BCUT2D eigenvalue weighted by Crippen LogP contribution is -2.37. The van der Waals surface area contributed by atoms with Crippen LogP contribution in [0.3, 0.4) is 0 Å². The average Bonchev–Trinajstić information content (AvgIpc) is 2.49. The van der Waals surface area contributed by atoms with Crippen LogP contribution in [0.15, 0.2) is 0 Å². The summed E-state index contributed by atoms with van der Waals surface area (Å²) in [5.41, 5.74) is 0. The van der Waals surface area contributed by atoms with Gasteiger partial charge < -0.3 is 10.2 Å². The topological polar surface area (TPSA) is 15.3 Å². The zero-order valence-electron chi connectivity index (χ0n) is 9.97. The Morgan fingerprint density at radius 2 is 2.33 bits per heavy atom. The highest BCUT2D eigenvalue weighted by molar-refractivity contribution is 4.83. The van der Waals surface area contributed by atoms with Crippen LogP contribution in [0.5, 0.6) is 0 Å². The molecule has 2 heteroatoms. The van der Waals surface area contributed by atoms with Crippen LogP contribution in [0.2, 0.25) is 0 Å². The van der Waals surface area contributed by atoms with Gasteiger partial charge in [-0.05, 0) is 45.3 Å². The maximum absolute atomic E-state index is 5.24. The summed E-state index contributed by atoms with van der Waals surface area (Å²) in [5.74, 6) is 2.71. The van der Waals surface area contributed by atoms with E-state index < -0.39 is 0 Å². The van der Waals surface area contributed by atoms with Crippen molar-refractivity contribution in [3.63, 3.8) is 0 Å². The van der Waals surface area contributed by atoms with Gasteiger partial charge in [0.1, 0.15) is 0 Å². The normalized spacial score (nSPS) is 23.3. The Kier molecular flexibility index (Phi) is 6.47. The molecule has 2 nitrogen and oxygen atoms in total. The van der Waals surface area contributed by atoms with Crippen LogP contribution >= 0.6 is 0 Å². The molecule has 0 aromatic carbocycles. The van der Waals surface area contributed by atoms with Crippen molar-refractivity contribution in [3.8, 4) is 12.3 Å². The Hall–Kier alpha value is -0.520. The first-order chi connectivity index (χ1) is 7.36. The molecule has 1 rings (SSSR count). The number of terminal acetylenes is 1. The highest BCUT2D eigenvalue weighted by atomic mass is 15.2. The van der Waals surface area contributed by atoms with Crippen LogP contribution in [0.25, 0.3) is 0 Å². The van der Waals surface area contributed by atoms with Gasteiger partial charge in [-0.3, -0.25) is 0 Å². The first-order valence-corrected chi connectivity index (χ1v) is 6.26. The van der Waals surface area contributed by atoms with Gasteiger partial charge in [-0.2, -0.15) is 0 Å². The Labute approximate surface area is 94.4 Å². The van der Waals surface area contributed by atoms with Crippen molar-refractivity contribution in [3.05, 3.63) is 0 Å². The average molecular weight is 208 g/mol. The van der Waals surface area contributed by atoms with Gasteiger partial charge in [0.15, 0.2) is 0 Å². The van der Waals surface area contributed by atoms with E-state index in [2.05, 4.69) is 23.1 Å². The number of hydrogen-bond donors (Lipinski definition) is 1. The van der Waals surface area contributed by atoms with Crippen LogP contribution in [0, 0.1) is 12.3 Å². The van der Waals surface area contributed by atoms with Crippen LogP contribution in [0.1, 0.15) is 39.0 Å². The summed E-state index contributed by atoms with van der Waals surface area (Å²) in [6.07, 6.45) is 11.1. The van der Waals surface area contributed by atoms with Crippen molar-refractivity contribution in [2.75, 3.05) is 26.2 Å². The molecule has 1 fully saturated rings. The zero-order chi connectivity index (χ0) is 10.9. The molecule has 15 heavy (non-hydrogen) atoms. The molecule has 0 aliphatic carbocycles. The van der Waals surface area contributed by atoms with E-state index >= 15 is 0 Å². The van der Waals surface area contributed by atoms with Gasteiger partial charge in [0.2, 0.25) is 0 Å². The fraction of sp³-hybridized carbons (Fsp3) is 0.846. The summed E-state index contributed by atoms with van der Waals surface area (Å²) >= 11 is 0. The molecule has 0 bridgehead atoms. The van der Waals surface area contributed by atoms with Crippen molar-refractivity contribution in [2.45, 2.75) is 45.1 Å². The molecule has 1 saturated heterocycles. The molecule has 1 aliphatic heterocycles. The number of nitrogens with one attached hydrogen (secondary N) is 1. The van der Waals surface area contributed by atoms with E-state index in [1.165, 1.54) is 51.9 Å². The Bertz CT molecular complexity index is 195. The molecular formula is C13H24N2. The molecule has 0 aromatic rings. The van der Waals surface area contributed by atoms with Gasteiger partial charge in [0, 0.05) is 19.0 Å². The first-order valence-electron chi connectivity index (χ1n) is 6.26. The van der Waals surface area contributed by atoms with E-state index in [0.29, 0.717) is 6.04 Å². The molecule has 86 valence electrons. The number of nitrogens with zero attached hydrogens (tertiary/aromatic N) is 1. The van der Waals surface area contributed by atoms with Gasteiger partial charge in [0.25, 0.3) is 0 Å². The fourth-order valence-electron chi connectivity index (χ4n) is 2.12. The molecule has 1 N–H and O–H groups in total. The third-order valence-corrected chi connectivity index (χ3v) is 3.10. The molecule has 0 radical (unpaired) electrons. The minimum absolute atomic E-state index is 0.695. The van der Waals surface area contributed by atoms with Gasteiger partial charge >= 0.3 is 0 Å². The van der Waals surface area contributed by atoms with Crippen LogP contribution in [-0.4, -0.2) is 37.1 Å². The van der Waals surface area contributed by atoms with Gasteiger partial charge in [-0.1, -0.05) is 6.92 Å². The molecule has 0 saturated carbocycles. The summed E-state index contributed by atoms with van der Waals surface area (Å²) in [5, 5.41) is 3.59. The van der Waals surface area contributed by atoms with Crippen LogP contribution in [0.4, 0.5) is 0 Å². The molecule has 0 aromatic heterocycles. The monoisotopic (exact) mass is 208 g/mol. The predicted octanol–water partition coefficient (Wildman–Crippen LogP) is 1.86. The molecule has 0 spiro atoms. The maximum atomic E-state index is 5.24. The van der Waals surface area contributed by atoms with E-state index in [1.807, 2.05) is 0 Å². The second-order valence-corrected chi connectivity index (χ2v) is 4.37. The lowest BCUT2D eigenvalue weighted by molar-refractivity contribution is 0.260. The Morgan fingerprint density at radius 3 is 3.07 bits per heavy atom. The van der Waals surface area contributed by atoms with Crippen molar-refractivity contribution >= 4 is 0 Å². The minimum Gasteiger partial charge on any atom is -0.313 e. The molecule has 1 aliphatic rings. The summed E-state index contributed by atoms with van der Waals surface area (Å²) in [6, 6.07) is 0.695. The summed E-state index contributed by atoms with van der Waals surface area (Å²) in [7, 11) is 0. The Balaban J connectivity index is 2.18. The maximum Gasteiger partial charge on any atom is 0.0192 e. The molecule has 1 heterocycles. The summed E-state index contributed by atoms with van der Waals surface area (Å²) in [6.45, 7) is 7.13. The molecule has 0 amide bonds. The van der Waals surface area contributed by atoms with Crippen molar-refractivity contribution in [1.29, 1.82) is 0 Å². The summed E-state index contributed by atoms with van der Waals surface area (Å²) in [4.78, 5) is 2.59. The number of unbranched alkanes of at least 4 members (excludes halogenated alkanes) is 2. The number of hydrogen-bond acceptors (Lipinski definition) is 2. The van der Waals surface area contributed by atoms with Crippen molar-refractivity contribution < 1.29 is 0 Å². The molecule has 1 unspecified atom stereocenters. The Morgan fingerprint density at radius 1 is 1.47 bits per heavy atom. The first kappa shape index (κ1) is 12.5. The largest absolute Gasteiger partial charge is 0.313 e. The highest BCUT2D eigenvalue weighted by Crippen LogP contribution is 2.05. The van der Waals surface area contributed by atoms with E-state index in [-0.39, 0.29) is 0 Å². The smallest absolute Gasteiger partial charge is 0.0192 e.